The van der Waals surface area contributed by atoms with E-state index in [2.05, 4.69) is 29.4 Å². The van der Waals surface area contributed by atoms with E-state index in [1.807, 2.05) is 56.5 Å². The normalized spacial score (nSPS) is 12.1. The second kappa shape index (κ2) is 9.09. The highest BCUT2D eigenvalue weighted by Gasteiger charge is 2.23. The van der Waals surface area contributed by atoms with Gasteiger partial charge in [0.1, 0.15) is 10.9 Å². The number of amides is 1. The van der Waals surface area contributed by atoms with Gasteiger partial charge >= 0.3 is 0 Å². The van der Waals surface area contributed by atoms with Crippen molar-refractivity contribution < 1.29 is 4.79 Å². The van der Waals surface area contributed by atoms with Crippen molar-refractivity contribution in [1.29, 1.82) is 0 Å². The molecule has 0 fully saturated rings. The first kappa shape index (κ1) is 22.0. The lowest BCUT2D eigenvalue weighted by Crippen LogP contribution is -2.33. The van der Waals surface area contributed by atoms with Gasteiger partial charge in [-0.15, -0.1) is 11.3 Å². The van der Waals surface area contributed by atoms with Crippen molar-refractivity contribution in [2.45, 2.75) is 46.6 Å². The summed E-state index contributed by atoms with van der Waals surface area (Å²) in [5, 5.41) is 5.58. The third-order valence-corrected chi connectivity index (χ3v) is 6.83. The lowest BCUT2D eigenvalue weighted by atomic mass is 10.0. The number of fused-ring (bicyclic) bond motifs is 1. The third kappa shape index (κ3) is 3.98. The van der Waals surface area contributed by atoms with Crippen LogP contribution in [0.2, 0.25) is 0 Å². The molecule has 0 aliphatic carbocycles. The molecular weight excluding hydrogens is 418 g/mol. The zero-order chi connectivity index (χ0) is 22.8. The number of thiophene rings is 1. The second-order valence-electron chi connectivity index (χ2n) is 8.02. The molecule has 2 aromatic heterocycles. The quantitative estimate of drug-likeness (QED) is 0.402. The average molecular weight is 446 g/mol. The zero-order valence-electron chi connectivity index (χ0n) is 18.8. The monoisotopic (exact) mass is 445 g/mol. The summed E-state index contributed by atoms with van der Waals surface area (Å²) in [5.74, 6) is -0.211. The van der Waals surface area contributed by atoms with Crippen LogP contribution in [0.4, 0.5) is 5.69 Å². The highest BCUT2D eigenvalue weighted by atomic mass is 32.1. The van der Waals surface area contributed by atoms with Gasteiger partial charge < -0.3 is 5.32 Å². The van der Waals surface area contributed by atoms with Crippen LogP contribution in [0, 0.1) is 13.8 Å². The van der Waals surface area contributed by atoms with Crippen LogP contribution < -0.4 is 10.9 Å². The maximum Gasteiger partial charge on any atom is 0.263 e. The summed E-state index contributed by atoms with van der Waals surface area (Å²) in [6.45, 7) is 7.95. The summed E-state index contributed by atoms with van der Waals surface area (Å²) in [7, 11) is 0. The van der Waals surface area contributed by atoms with Crippen molar-refractivity contribution in [1.82, 2.24) is 9.55 Å². The van der Waals surface area contributed by atoms with E-state index >= 15 is 0 Å². The van der Waals surface area contributed by atoms with E-state index in [0.717, 1.165) is 34.4 Å². The van der Waals surface area contributed by atoms with E-state index < -0.39 is 6.04 Å². The number of anilines is 1. The van der Waals surface area contributed by atoms with Gasteiger partial charge in [0.2, 0.25) is 5.91 Å². The number of rotatable bonds is 6. The Morgan fingerprint density at radius 3 is 2.41 bits per heavy atom. The predicted molar refractivity (Wildman–Crippen MR) is 133 cm³/mol. The molecule has 0 aliphatic rings. The Balaban J connectivity index is 1.75. The fourth-order valence-corrected chi connectivity index (χ4v) is 4.93. The molecule has 0 bridgehead atoms. The van der Waals surface area contributed by atoms with Gasteiger partial charge in [-0.05, 0) is 48.9 Å². The number of para-hydroxylation sites is 1. The first-order chi connectivity index (χ1) is 15.4. The molecule has 0 radical (unpaired) electrons. The standard InChI is InChI=1S/C26H27N3O2S/c1-5-18-10-12-19(13-11-18)20-14-32-25-22(20)26(31)29(15-27-25)21(6-2)24(30)28-23-16(3)8-7-9-17(23)4/h7-15,21H,5-6H2,1-4H3,(H,28,30). The van der Waals surface area contributed by atoms with Gasteiger partial charge in [-0.25, -0.2) is 4.98 Å². The molecule has 2 aromatic carbocycles. The van der Waals surface area contributed by atoms with E-state index in [9.17, 15) is 9.59 Å². The van der Waals surface area contributed by atoms with Crippen molar-refractivity contribution in [3.8, 4) is 11.1 Å². The van der Waals surface area contributed by atoms with Gasteiger partial charge in [0.15, 0.2) is 0 Å². The van der Waals surface area contributed by atoms with E-state index in [1.54, 1.807) is 0 Å². The summed E-state index contributed by atoms with van der Waals surface area (Å²) in [5.41, 5.74) is 5.69. The van der Waals surface area contributed by atoms with Crippen LogP contribution in [-0.4, -0.2) is 15.5 Å². The van der Waals surface area contributed by atoms with Crippen LogP contribution in [0.5, 0.6) is 0 Å². The molecule has 0 saturated carbocycles. The molecule has 0 aliphatic heterocycles. The van der Waals surface area contributed by atoms with Gasteiger partial charge in [0.05, 0.1) is 11.7 Å². The molecule has 2 heterocycles. The minimum atomic E-state index is -0.645. The van der Waals surface area contributed by atoms with Crippen LogP contribution in [0.1, 0.15) is 43.0 Å². The third-order valence-electron chi connectivity index (χ3n) is 5.95. The van der Waals surface area contributed by atoms with Gasteiger partial charge in [-0.3, -0.25) is 14.2 Å². The Kier molecular flexibility index (Phi) is 6.24. The predicted octanol–water partition coefficient (Wildman–Crippen LogP) is 5.89. The number of aryl methyl sites for hydroxylation is 3. The minimum absolute atomic E-state index is 0.186. The number of hydrogen-bond donors (Lipinski definition) is 1. The number of carbonyl (C=O) groups excluding carboxylic acids is 1. The highest BCUT2D eigenvalue weighted by Crippen LogP contribution is 2.31. The average Bonchev–Trinajstić information content (AvgIpc) is 3.23. The molecule has 1 N–H and O–H groups in total. The maximum atomic E-state index is 13.5. The van der Waals surface area contributed by atoms with Crippen molar-refractivity contribution in [3.63, 3.8) is 0 Å². The minimum Gasteiger partial charge on any atom is -0.324 e. The molecule has 0 spiro atoms. The van der Waals surface area contributed by atoms with E-state index in [4.69, 9.17) is 0 Å². The first-order valence-corrected chi connectivity index (χ1v) is 11.8. The van der Waals surface area contributed by atoms with Crippen LogP contribution in [-0.2, 0) is 11.2 Å². The molecular formula is C26H27N3O2S. The number of aromatic nitrogens is 2. The summed E-state index contributed by atoms with van der Waals surface area (Å²) in [6.07, 6.45) is 2.95. The van der Waals surface area contributed by atoms with Crippen LogP contribution in [0.25, 0.3) is 21.3 Å². The Morgan fingerprint density at radius 1 is 1.09 bits per heavy atom. The first-order valence-electron chi connectivity index (χ1n) is 10.9. The molecule has 5 nitrogen and oxygen atoms in total. The molecule has 1 atom stereocenters. The molecule has 32 heavy (non-hydrogen) atoms. The Bertz CT molecular complexity index is 1320. The van der Waals surface area contributed by atoms with Crippen molar-refractivity contribution >= 4 is 33.1 Å². The van der Waals surface area contributed by atoms with E-state index in [-0.39, 0.29) is 11.5 Å². The number of hydrogen-bond acceptors (Lipinski definition) is 4. The molecule has 6 heteroatoms. The van der Waals surface area contributed by atoms with Crippen LogP contribution in [0.3, 0.4) is 0 Å². The number of carbonyl (C=O) groups is 1. The van der Waals surface area contributed by atoms with E-state index in [0.29, 0.717) is 16.6 Å². The van der Waals surface area contributed by atoms with Crippen molar-refractivity contribution in [2.24, 2.45) is 0 Å². The van der Waals surface area contributed by atoms with Crippen LogP contribution in [0.15, 0.2) is 59.0 Å². The largest absolute Gasteiger partial charge is 0.324 e. The lowest BCUT2D eigenvalue weighted by Gasteiger charge is -2.19. The summed E-state index contributed by atoms with van der Waals surface area (Å²) >= 11 is 1.45. The van der Waals surface area contributed by atoms with Crippen molar-refractivity contribution in [3.05, 3.63) is 81.2 Å². The lowest BCUT2D eigenvalue weighted by molar-refractivity contribution is -0.119. The van der Waals surface area contributed by atoms with Gasteiger partial charge in [0.25, 0.3) is 5.56 Å². The summed E-state index contributed by atoms with van der Waals surface area (Å²) in [6, 6.07) is 13.5. The Morgan fingerprint density at radius 2 is 1.78 bits per heavy atom. The smallest absolute Gasteiger partial charge is 0.263 e. The van der Waals surface area contributed by atoms with Gasteiger partial charge in [-0.2, -0.15) is 0 Å². The zero-order valence-corrected chi connectivity index (χ0v) is 19.6. The fourth-order valence-electron chi connectivity index (χ4n) is 4.03. The second-order valence-corrected chi connectivity index (χ2v) is 8.88. The van der Waals surface area contributed by atoms with Crippen LogP contribution >= 0.6 is 11.3 Å². The molecule has 4 rings (SSSR count). The summed E-state index contributed by atoms with van der Waals surface area (Å²) in [4.78, 5) is 32.0. The molecule has 1 amide bonds. The molecule has 164 valence electrons. The summed E-state index contributed by atoms with van der Waals surface area (Å²) < 4.78 is 1.47. The molecule has 0 saturated heterocycles. The molecule has 1 unspecified atom stereocenters. The molecule has 4 aromatic rings. The van der Waals surface area contributed by atoms with Crippen molar-refractivity contribution in [2.75, 3.05) is 5.32 Å². The van der Waals surface area contributed by atoms with Gasteiger partial charge in [0, 0.05) is 16.6 Å². The Hall–Kier alpha value is -3.25. The number of benzene rings is 2. The maximum absolute atomic E-state index is 13.5. The Labute approximate surface area is 191 Å². The van der Waals surface area contributed by atoms with E-state index in [1.165, 1.54) is 27.8 Å². The fraction of sp³-hybridized carbons (Fsp3) is 0.269. The van der Waals surface area contributed by atoms with Gasteiger partial charge in [-0.1, -0.05) is 56.3 Å². The number of nitrogens with zero attached hydrogens (tertiary/aromatic N) is 2. The number of nitrogens with one attached hydrogen (secondary N) is 1. The highest BCUT2D eigenvalue weighted by molar-refractivity contribution is 7.17. The topological polar surface area (TPSA) is 64.0 Å². The SMILES string of the molecule is CCc1ccc(-c2csc3ncn(C(CC)C(=O)Nc4c(C)cccc4C)c(=O)c23)cc1.